The van der Waals surface area contributed by atoms with E-state index in [0.717, 1.165) is 16.0 Å². The zero-order valence-electron chi connectivity index (χ0n) is 12.2. The first-order valence-electron chi connectivity index (χ1n) is 6.79. The molecule has 0 saturated carbocycles. The summed E-state index contributed by atoms with van der Waals surface area (Å²) in [7, 11) is -1.89. The zero-order chi connectivity index (χ0) is 15.5. The van der Waals surface area contributed by atoms with Crippen LogP contribution in [0, 0.1) is 0 Å². The van der Waals surface area contributed by atoms with Crippen molar-refractivity contribution >= 4 is 21.4 Å². The lowest BCUT2D eigenvalue weighted by molar-refractivity contribution is 0.469. The third-order valence-corrected chi connectivity index (χ3v) is 6.14. The average Bonchev–Trinajstić information content (AvgIpc) is 2.99. The van der Waals surface area contributed by atoms with Crippen molar-refractivity contribution in [3.8, 4) is 0 Å². The van der Waals surface area contributed by atoms with Gasteiger partial charge in [-0.2, -0.15) is 4.31 Å². The van der Waals surface area contributed by atoms with Gasteiger partial charge in [0.05, 0.1) is 4.90 Å². The zero-order valence-corrected chi connectivity index (χ0v) is 13.9. The molecular formula is C15H20N2O2S2. The van der Waals surface area contributed by atoms with Gasteiger partial charge in [-0.25, -0.2) is 8.42 Å². The smallest absolute Gasteiger partial charge is 0.243 e. The van der Waals surface area contributed by atoms with Gasteiger partial charge in [0, 0.05) is 25.0 Å². The van der Waals surface area contributed by atoms with Gasteiger partial charge in [-0.05, 0) is 35.1 Å². The fourth-order valence-corrected chi connectivity index (χ4v) is 4.46. The molecule has 2 rings (SSSR count). The summed E-state index contributed by atoms with van der Waals surface area (Å²) in [6.45, 7) is 2.67. The van der Waals surface area contributed by atoms with E-state index in [4.69, 9.17) is 5.73 Å². The monoisotopic (exact) mass is 324 g/mol. The largest absolute Gasteiger partial charge is 0.326 e. The Kier molecular flexibility index (Phi) is 5.16. The highest BCUT2D eigenvalue weighted by Gasteiger charge is 2.24. The summed E-state index contributed by atoms with van der Waals surface area (Å²) in [6, 6.07) is 9.30. The Morgan fingerprint density at radius 1 is 1.29 bits per heavy atom. The van der Waals surface area contributed by atoms with E-state index in [-0.39, 0.29) is 0 Å². The molecule has 0 atom stereocenters. The number of nitrogens with two attached hydrogens (primary N) is 1. The molecule has 0 aliphatic rings. The van der Waals surface area contributed by atoms with Gasteiger partial charge in [0.15, 0.2) is 0 Å². The molecule has 1 heterocycles. The minimum absolute atomic E-state index is 0.334. The topological polar surface area (TPSA) is 63.4 Å². The minimum atomic E-state index is -3.51. The average molecular weight is 324 g/mol. The van der Waals surface area contributed by atoms with E-state index in [9.17, 15) is 8.42 Å². The van der Waals surface area contributed by atoms with Crippen molar-refractivity contribution in [2.24, 2.45) is 5.73 Å². The standard InChI is InChI=1S/C15H20N2O2S2/c1-3-13-7-6-12(10-16)9-15(13)21(18,19)17(2)11-14-5-4-8-20-14/h4-9H,3,10-11,16H2,1-2H3. The van der Waals surface area contributed by atoms with Crippen LogP contribution in [0.3, 0.4) is 0 Å². The molecule has 6 heteroatoms. The number of sulfonamides is 1. The summed E-state index contributed by atoms with van der Waals surface area (Å²) in [4.78, 5) is 1.39. The summed E-state index contributed by atoms with van der Waals surface area (Å²) in [5.41, 5.74) is 7.29. The predicted octanol–water partition coefficient (Wildman–Crippen LogP) is 2.59. The molecule has 0 amide bonds. The Labute approximate surface area is 130 Å². The van der Waals surface area contributed by atoms with Crippen molar-refractivity contribution < 1.29 is 8.42 Å². The van der Waals surface area contributed by atoms with Crippen molar-refractivity contribution in [1.82, 2.24) is 4.31 Å². The molecule has 21 heavy (non-hydrogen) atoms. The number of nitrogens with zero attached hydrogens (tertiary/aromatic N) is 1. The van der Waals surface area contributed by atoms with Crippen LogP contribution in [0.2, 0.25) is 0 Å². The molecule has 2 aromatic rings. The quantitative estimate of drug-likeness (QED) is 0.888. The number of rotatable bonds is 6. The van der Waals surface area contributed by atoms with Gasteiger partial charge < -0.3 is 5.73 Å². The molecule has 1 aromatic carbocycles. The van der Waals surface area contributed by atoms with Crippen molar-refractivity contribution in [3.63, 3.8) is 0 Å². The van der Waals surface area contributed by atoms with E-state index in [1.54, 1.807) is 24.5 Å². The Balaban J connectivity index is 2.38. The highest BCUT2D eigenvalue weighted by Crippen LogP contribution is 2.24. The Hall–Kier alpha value is -1.21. The van der Waals surface area contributed by atoms with E-state index in [1.165, 1.54) is 4.31 Å². The lowest BCUT2D eigenvalue weighted by atomic mass is 10.1. The number of benzene rings is 1. The van der Waals surface area contributed by atoms with Gasteiger partial charge in [-0.3, -0.25) is 0 Å². The molecular weight excluding hydrogens is 304 g/mol. The molecule has 0 fully saturated rings. The fourth-order valence-electron chi connectivity index (χ4n) is 2.13. The van der Waals surface area contributed by atoms with Crippen LogP contribution >= 0.6 is 11.3 Å². The van der Waals surface area contributed by atoms with Gasteiger partial charge in [0.25, 0.3) is 0 Å². The van der Waals surface area contributed by atoms with Gasteiger partial charge in [0.1, 0.15) is 0 Å². The van der Waals surface area contributed by atoms with Crippen molar-refractivity contribution in [3.05, 3.63) is 51.7 Å². The van der Waals surface area contributed by atoms with Crippen molar-refractivity contribution in [1.29, 1.82) is 0 Å². The van der Waals surface area contributed by atoms with E-state index >= 15 is 0 Å². The van der Waals surface area contributed by atoms with Crippen LogP contribution in [-0.4, -0.2) is 19.8 Å². The number of hydrogen-bond donors (Lipinski definition) is 1. The molecule has 0 radical (unpaired) electrons. The van der Waals surface area contributed by atoms with E-state index in [0.29, 0.717) is 24.4 Å². The van der Waals surface area contributed by atoms with Gasteiger partial charge in [0.2, 0.25) is 10.0 Å². The Morgan fingerprint density at radius 2 is 2.05 bits per heavy atom. The molecule has 0 aliphatic heterocycles. The number of aryl methyl sites for hydroxylation is 1. The second-order valence-corrected chi connectivity index (χ2v) is 7.89. The SMILES string of the molecule is CCc1ccc(CN)cc1S(=O)(=O)N(C)Cc1cccs1. The van der Waals surface area contributed by atoms with E-state index in [2.05, 4.69) is 0 Å². The summed E-state index contributed by atoms with van der Waals surface area (Å²) in [5.74, 6) is 0. The molecule has 4 nitrogen and oxygen atoms in total. The first-order valence-corrected chi connectivity index (χ1v) is 9.11. The van der Waals surface area contributed by atoms with Crippen molar-refractivity contribution in [2.45, 2.75) is 31.3 Å². The predicted molar refractivity (Wildman–Crippen MR) is 86.7 cm³/mol. The second kappa shape index (κ2) is 6.70. The van der Waals surface area contributed by atoms with E-state index in [1.807, 2.05) is 36.6 Å². The van der Waals surface area contributed by atoms with Crippen LogP contribution in [0.5, 0.6) is 0 Å². The maximum Gasteiger partial charge on any atom is 0.243 e. The first-order chi connectivity index (χ1) is 9.98. The van der Waals surface area contributed by atoms with E-state index < -0.39 is 10.0 Å². The Bertz CT molecular complexity index is 694. The molecule has 0 unspecified atom stereocenters. The molecule has 0 spiro atoms. The lowest BCUT2D eigenvalue weighted by Gasteiger charge is -2.19. The summed E-state index contributed by atoms with van der Waals surface area (Å²) >= 11 is 1.55. The minimum Gasteiger partial charge on any atom is -0.326 e. The first kappa shape index (κ1) is 16.2. The van der Waals surface area contributed by atoms with Gasteiger partial charge in [-0.1, -0.05) is 25.1 Å². The van der Waals surface area contributed by atoms with Crippen LogP contribution in [0.25, 0.3) is 0 Å². The molecule has 0 bridgehead atoms. The van der Waals surface area contributed by atoms with Crippen LogP contribution in [0.4, 0.5) is 0 Å². The Morgan fingerprint density at radius 3 is 2.62 bits per heavy atom. The molecule has 0 saturated heterocycles. The normalized spacial score (nSPS) is 12.0. The molecule has 1 aromatic heterocycles. The van der Waals surface area contributed by atoms with Gasteiger partial charge >= 0.3 is 0 Å². The molecule has 0 aliphatic carbocycles. The van der Waals surface area contributed by atoms with Crippen LogP contribution in [-0.2, 0) is 29.5 Å². The second-order valence-electron chi connectivity index (χ2n) is 4.84. The third-order valence-electron chi connectivity index (χ3n) is 3.40. The third kappa shape index (κ3) is 3.52. The number of thiophene rings is 1. The molecule has 114 valence electrons. The molecule has 2 N–H and O–H groups in total. The maximum absolute atomic E-state index is 12.8. The summed E-state index contributed by atoms with van der Waals surface area (Å²) in [5, 5.41) is 1.95. The number of hydrogen-bond acceptors (Lipinski definition) is 4. The van der Waals surface area contributed by atoms with Crippen LogP contribution in [0.1, 0.15) is 22.9 Å². The maximum atomic E-state index is 12.8. The lowest BCUT2D eigenvalue weighted by Crippen LogP contribution is -2.27. The van der Waals surface area contributed by atoms with Gasteiger partial charge in [-0.15, -0.1) is 11.3 Å². The fraction of sp³-hybridized carbons (Fsp3) is 0.333. The van der Waals surface area contributed by atoms with Crippen LogP contribution in [0.15, 0.2) is 40.6 Å². The van der Waals surface area contributed by atoms with Crippen LogP contribution < -0.4 is 5.73 Å². The van der Waals surface area contributed by atoms with Crippen molar-refractivity contribution in [2.75, 3.05) is 7.05 Å². The highest BCUT2D eigenvalue weighted by molar-refractivity contribution is 7.89. The summed E-state index contributed by atoms with van der Waals surface area (Å²) in [6.07, 6.45) is 0.673. The summed E-state index contributed by atoms with van der Waals surface area (Å²) < 4.78 is 27.0. The highest BCUT2D eigenvalue weighted by atomic mass is 32.2.